The van der Waals surface area contributed by atoms with Gasteiger partial charge in [0.15, 0.2) is 0 Å². The summed E-state index contributed by atoms with van der Waals surface area (Å²) in [5, 5.41) is 0. The summed E-state index contributed by atoms with van der Waals surface area (Å²) in [5.41, 5.74) is 1.94. The fraction of sp³-hybridized carbons (Fsp3) is 1.00. The van der Waals surface area contributed by atoms with Gasteiger partial charge in [-0.25, -0.2) is 0 Å². The molecule has 0 aromatic carbocycles. The molecule has 0 aliphatic heterocycles. The van der Waals surface area contributed by atoms with Crippen LogP contribution in [0.15, 0.2) is 0 Å². The predicted octanol–water partition coefficient (Wildman–Crippen LogP) is 26.9. The highest BCUT2D eigenvalue weighted by molar-refractivity contribution is 5.11. The van der Waals surface area contributed by atoms with Crippen LogP contribution in [-0.2, 0) is 42.6 Å². The Labute approximate surface area is 693 Å². The molecular weight excluding hydrogens is 1380 g/mol. The average Bonchev–Trinajstić information content (AvgIpc) is 1.57. The highest BCUT2D eigenvalue weighted by Gasteiger charge is 2.62. The van der Waals surface area contributed by atoms with Crippen molar-refractivity contribution in [1.82, 2.24) is 0 Å². The Morgan fingerprint density at radius 3 is 1.30 bits per heavy atom. The summed E-state index contributed by atoms with van der Waals surface area (Å²) in [7, 11) is 1.74. The van der Waals surface area contributed by atoms with Crippen molar-refractivity contribution in [2.24, 2.45) is 158 Å². The van der Waals surface area contributed by atoms with E-state index in [2.05, 4.69) is 118 Å². The smallest absolute Gasteiger partial charge is 0.0690 e. The van der Waals surface area contributed by atoms with E-state index in [0.717, 1.165) is 202 Å². The van der Waals surface area contributed by atoms with E-state index < -0.39 is 0 Å². The van der Waals surface area contributed by atoms with Gasteiger partial charge in [-0.1, -0.05) is 100 Å². The molecule has 23 rings (SSSR count). The number of methoxy groups -OCH3 is 1. The first kappa shape index (κ1) is 92.4. The summed E-state index contributed by atoms with van der Waals surface area (Å²) in [6.07, 6.45) is 63.2. The van der Waals surface area contributed by atoms with Crippen LogP contribution in [0.4, 0.5) is 0 Å². The Hall–Kier alpha value is -0.360. The second-order valence-corrected chi connectivity index (χ2v) is 44.3. The van der Waals surface area contributed by atoms with Crippen molar-refractivity contribution < 1.29 is 42.6 Å². The molecule has 23 aliphatic rings. The van der Waals surface area contributed by atoms with Gasteiger partial charge >= 0.3 is 0 Å². The SMILES string of the molecule is CCOC12CC3CC(CC(C3)C1)C2.CCOC1C2CC3CC(C2)CC1C3.CCOC1CC(C)CCC1C(C)C.CCOC1CC2CCC1(C)C2(C)C.CCOC1CC2CCC1C2.CCOC1CCCC(C2CCCCC2)C1.CCOCC12CC3CC(CC(C3)C1)C2.CCOCC1C2CC3CC(C2)CC1C3.CO[C@H](C)C(C)C. The molecule has 20 bridgehead atoms. The van der Waals surface area contributed by atoms with Crippen molar-refractivity contribution in [2.75, 3.05) is 73.2 Å². The molecule has 11 unspecified atom stereocenters. The number of fused-ring (bicyclic) bond motifs is 4. The van der Waals surface area contributed by atoms with Gasteiger partial charge in [0.05, 0.1) is 48.8 Å². The van der Waals surface area contributed by atoms with E-state index in [1.807, 2.05) is 0 Å². The Balaban J connectivity index is 0.000000125. The lowest BCUT2D eigenvalue weighted by Crippen LogP contribution is -2.51. The van der Waals surface area contributed by atoms with Crippen molar-refractivity contribution in [3.8, 4) is 0 Å². The molecule has 0 aromatic rings. The number of hydrogen-bond donors (Lipinski definition) is 0. The molecule has 0 heterocycles. The third-order valence-electron chi connectivity index (χ3n) is 35.8. The molecule has 9 heteroatoms. The van der Waals surface area contributed by atoms with E-state index in [9.17, 15) is 0 Å². The van der Waals surface area contributed by atoms with Gasteiger partial charge < -0.3 is 42.6 Å². The lowest BCUT2D eigenvalue weighted by atomic mass is 9.50. The third-order valence-corrected chi connectivity index (χ3v) is 35.8. The minimum Gasteiger partial charge on any atom is -0.381 e. The molecule has 12 atom stereocenters. The van der Waals surface area contributed by atoms with Gasteiger partial charge in [0, 0.05) is 66.6 Å². The van der Waals surface area contributed by atoms with Crippen LogP contribution in [0, 0.1) is 158 Å². The van der Waals surface area contributed by atoms with Gasteiger partial charge in [0.1, 0.15) is 0 Å². The van der Waals surface area contributed by atoms with Gasteiger partial charge in [-0.3, -0.25) is 0 Å². The molecule has 0 aromatic heterocycles. The second kappa shape index (κ2) is 44.1. The molecule has 23 aliphatic carbocycles. The van der Waals surface area contributed by atoms with E-state index in [-0.39, 0.29) is 0 Å². The van der Waals surface area contributed by atoms with Crippen molar-refractivity contribution in [1.29, 1.82) is 0 Å². The molecule has 0 radical (unpaired) electrons. The zero-order chi connectivity index (χ0) is 79.7. The van der Waals surface area contributed by atoms with E-state index in [4.69, 9.17) is 42.6 Å². The second-order valence-electron chi connectivity index (χ2n) is 44.3. The molecule has 112 heavy (non-hydrogen) atoms. The fourth-order valence-electron chi connectivity index (χ4n) is 30.8. The van der Waals surface area contributed by atoms with Crippen LogP contribution in [0.2, 0.25) is 0 Å². The maximum Gasteiger partial charge on any atom is 0.0690 e. The summed E-state index contributed by atoms with van der Waals surface area (Å²) in [6, 6.07) is 0. The number of ether oxygens (including phenoxy) is 9. The average molecular weight is 1570 g/mol. The lowest BCUT2D eigenvalue weighted by molar-refractivity contribution is -0.159. The van der Waals surface area contributed by atoms with Crippen LogP contribution >= 0.6 is 0 Å². The standard InChI is InChI=1S/C14H26O.2C13H22O.2C12H20O.C12H22O.C12H24O.C9H16O.C6H14O/c1-2-15-14-10-6-9-13(11-14)12-7-4-3-5-8-12;1-2-14-9-13-6-10-3-11(7-13)5-12(4-10)8-13;1-2-14-8-13-11-4-9-3-10(6-11)7-12(13)5-9;1-2-13-12-6-9-3-10(7-12)5-11(4-9)8-12;1-2-13-12-10-4-8-3-9(6-10)7-11(12)5-8;1-5-13-10-8-9-6-7-12(10,4)11(9,2)3;1-5-13-12-8-10(4)6-7-11(12)9(2)3;1-2-10-9-6-7-3-4-8(9)5-7;1-5(2)6(3)7-4/h12-14H,2-11H2,1H3;10-12H,2-9H2,1H3;9-13H,2-8H2,1H3;9-11H,2-8H2,1H3;8-12H,2-7H2,1H3;9-10H,5-8H2,1-4H3;9-12H,5-8H2,1-4H3;7-9H,2-6H2,1H3;5-6H,1-4H3/t;;;;;;;;6-/m........1/s1. The van der Waals surface area contributed by atoms with Crippen LogP contribution in [0.3, 0.4) is 0 Å². The van der Waals surface area contributed by atoms with Crippen LogP contribution < -0.4 is 0 Å². The number of rotatable bonds is 22. The van der Waals surface area contributed by atoms with Gasteiger partial charge in [-0.2, -0.15) is 0 Å². The molecule has 23 saturated carbocycles. The lowest BCUT2D eigenvalue weighted by Gasteiger charge is -2.56. The van der Waals surface area contributed by atoms with E-state index >= 15 is 0 Å². The molecule has 652 valence electrons. The van der Waals surface area contributed by atoms with Crippen molar-refractivity contribution in [2.45, 2.75) is 423 Å². The van der Waals surface area contributed by atoms with Crippen molar-refractivity contribution in [3.63, 3.8) is 0 Å². The maximum atomic E-state index is 6.04. The zero-order valence-electron chi connectivity index (χ0n) is 77.1. The molecule has 23 fully saturated rings. The molecule has 0 saturated heterocycles. The quantitative estimate of drug-likeness (QED) is 0.105. The monoisotopic (exact) mass is 1570 g/mol. The van der Waals surface area contributed by atoms with Gasteiger partial charge in [-0.05, 0) is 439 Å². The Bertz CT molecular complexity index is 2480. The number of hydrogen-bond acceptors (Lipinski definition) is 9. The Morgan fingerprint density at radius 2 is 0.866 bits per heavy atom. The minimum absolute atomic E-state index is 0.351. The summed E-state index contributed by atoms with van der Waals surface area (Å²) in [5.74, 6) is 23.6. The van der Waals surface area contributed by atoms with Gasteiger partial charge in [0.25, 0.3) is 0 Å². The van der Waals surface area contributed by atoms with E-state index in [1.54, 1.807) is 39.2 Å². The van der Waals surface area contributed by atoms with Gasteiger partial charge in [0.2, 0.25) is 0 Å². The fourth-order valence-corrected chi connectivity index (χ4v) is 30.8. The zero-order valence-corrected chi connectivity index (χ0v) is 77.1. The summed E-state index contributed by atoms with van der Waals surface area (Å²) in [4.78, 5) is 0. The largest absolute Gasteiger partial charge is 0.381 e. The summed E-state index contributed by atoms with van der Waals surface area (Å²) in [6.45, 7) is 47.0. The van der Waals surface area contributed by atoms with E-state index in [0.29, 0.717) is 64.4 Å². The molecular formula is C103H186O9. The minimum atomic E-state index is 0.351. The van der Waals surface area contributed by atoms with E-state index in [1.165, 1.54) is 231 Å². The van der Waals surface area contributed by atoms with Crippen LogP contribution in [0.1, 0.15) is 381 Å². The predicted molar refractivity (Wildman–Crippen MR) is 467 cm³/mol. The molecule has 0 amide bonds. The first-order valence-corrected chi connectivity index (χ1v) is 50.4. The van der Waals surface area contributed by atoms with Crippen LogP contribution in [-0.4, -0.2) is 115 Å². The Morgan fingerprint density at radius 1 is 0.366 bits per heavy atom. The van der Waals surface area contributed by atoms with Crippen LogP contribution in [0.5, 0.6) is 0 Å². The molecule has 0 N–H and O–H groups in total. The maximum absolute atomic E-state index is 6.04. The first-order chi connectivity index (χ1) is 54.0. The van der Waals surface area contributed by atoms with Crippen molar-refractivity contribution in [3.05, 3.63) is 0 Å². The first-order valence-electron chi connectivity index (χ1n) is 50.4. The topological polar surface area (TPSA) is 83.1 Å². The van der Waals surface area contributed by atoms with Gasteiger partial charge in [-0.15, -0.1) is 0 Å². The summed E-state index contributed by atoms with van der Waals surface area (Å²) < 4.78 is 51.5. The third kappa shape index (κ3) is 24.3. The Kier molecular flexibility index (Phi) is 36.4. The van der Waals surface area contributed by atoms with Crippen molar-refractivity contribution >= 4 is 0 Å². The normalized spacial score (nSPS) is 43.8. The van der Waals surface area contributed by atoms with Crippen LogP contribution in [0.25, 0.3) is 0 Å². The highest BCUT2D eigenvalue weighted by atomic mass is 16.5. The molecule has 0 spiro atoms. The molecule has 9 nitrogen and oxygen atoms in total. The highest BCUT2D eigenvalue weighted by Crippen LogP contribution is 2.67. The summed E-state index contributed by atoms with van der Waals surface area (Å²) >= 11 is 0.